The highest BCUT2D eigenvalue weighted by atomic mass is 16.2. The van der Waals surface area contributed by atoms with E-state index in [1.165, 1.54) is 43.2 Å². The number of hydrogen-bond donors (Lipinski definition) is 3. The molecular weight excluding hydrogens is 436 g/mol. The number of likely N-dealkylation sites (tertiary alicyclic amines) is 1. The number of piperidine rings is 1. The van der Waals surface area contributed by atoms with Crippen LogP contribution in [0.15, 0.2) is 24.3 Å². The van der Waals surface area contributed by atoms with E-state index in [2.05, 4.69) is 40.2 Å². The number of nitrogens with zero attached hydrogens (tertiary/aromatic N) is 1. The summed E-state index contributed by atoms with van der Waals surface area (Å²) in [5.41, 5.74) is 2.85. The first-order valence-electron chi connectivity index (χ1n) is 14.2. The molecule has 2 amide bonds. The number of carbonyl (C=O) groups is 2. The minimum absolute atomic E-state index is 0.0629. The van der Waals surface area contributed by atoms with Crippen molar-refractivity contribution in [3.05, 3.63) is 35.4 Å². The highest BCUT2D eigenvalue weighted by Gasteiger charge is 2.48. The van der Waals surface area contributed by atoms with Crippen LogP contribution in [0.3, 0.4) is 0 Å². The molecule has 3 saturated heterocycles. The third-order valence-corrected chi connectivity index (χ3v) is 10.0. The van der Waals surface area contributed by atoms with Crippen LogP contribution in [0, 0.1) is 17.3 Å². The molecule has 6 nitrogen and oxygen atoms in total. The van der Waals surface area contributed by atoms with Crippen molar-refractivity contribution in [3.8, 4) is 0 Å². The average Bonchev–Trinajstić information content (AvgIpc) is 3.63. The molecule has 3 N–H and O–H groups in total. The maximum atomic E-state index is 13.9. The van der Waals surface area contributed by atoms with Crippen LogP contribution in [0.4, 0.5) is 0 Å². The summed E-state index contributed by atoms with van der Waals surface area (Å²) in [6.07, 6.45) is 12.4. The molecule has 1 spiro atoms. The Morgan fingerprint density at radius 3 is 2.63 bits per heavy atom. The second-order valence-electron chi connectivity index (χ2n) is 12.1. The predicted molar refractivity (Wildman–Crippen MR) is 137 cm³/mol. The van der Waals surface area contributed by atoms with E-state index in [9.17, 15) is 9.59 Å². The second kappa shape index (κ2) is 9.85. The van der Waals surface area contributed by atoms with E-state index < -0.39 is 0 Å². The van der Waals surface area contributed by atoms with E-state index in [1.807, 2.05) is 4.90 Å². The van der Waals surface area contributed by atoms with Crippen molar-refractivity contribution in [1.82, 2.24) is 20.9 Å². The molecule has 1 aromatic carbocycles. The number of carbonyl (C=O) groups excluding carboxylic acids is 2. The van der Waals surface area contributed by atoms with Gasteiger partial charge in [-0.1, -0.05) is 56.4 Å². The van der Waals surface area contributed by atoms with Crippen molar-refractivity contribution in [2.75, 3.05) is 26.2 Å². The molecule has 4 fully saturated rings. The monoisotopic (exact) mass is 478 g/mol. The number of benzene rings is 1. The van der Waals surface area contributed by atoms with Crippen LogP contribution in [0.5, 0.6) is 0 Å². The van der Waals surface area contributed by atoms with E-state index in [0.29, 0.717) is 11.8 Å². The maximum Gasteiger partial charge on any atom is 0.243 e. The van der Waals surface area contributed by atoms with Gasteiger partial charge >= 0.3 is 0 Å². The fourth-order valence-corrected chi connectivity index (χ4v) is 7.91. The van der Waals surface area contributed by atoms with Crippen molar-refractivity contribution in [2.45, 2.75) is 88.8 Å². The standard InChI is InChI=1S/C29H42N4O2/c34-27(32-24-11-10-21-8-4-5-9-23(21)24)26-16-22(20-6-2-1-3-7-20)18-33(26)28(35)25-17-29(19-31-25)12-14-30-15-13-29/h4-5,8-9,20,22,24-26,30-31H,1-3,6-7,10-19H2,(H,32,34)/t22-,24+,25+,26+/m0/s1. The Balaban J connectivity index is 1.18. The Labute approximate surface area is 210 Å². The molecule has 0 radical (unpaired) electrons. The van der Waals surface area contributed by atoms with Gasteiger partial charge < -0.3 is 20.9 Å². The second-order valence-corrected chi connectivity index (χ2v) is 12.1. The van der Waals surface area contributed by atoms with Crippen LogP contribution in [0.25, 0.3) is 0 Å². The lowest BCUT2D eigenvalue weighted by atomic mass is 9.77. The summed E-state index contributed by atoms with van der Waals surface area (Å²) < 4.78 is 0. The number of rotatable bonds is 4. The molecule has 6 rings (SSSR count). The van der Waals surface area contributed by atoms with Crippen LogP contribution < -0.4 is 16.0 Å². The van der Waals surface area contributed by atoms with Crippen LogP contribution in [0.2, 0.25) is 0 Å². The van der Waals surface area contributed by atoms with Gasteiger partial charge in [-0.2, -0.15) is 0 Å². The van der Waals surface area contributed by atoms with E-state index in [-0.39, 0.29) is 35.4 Å². The van der Waals surface area contributed by atoms with Crippen LogP contribution >= 0.6 is 0 Å². The van der Waals surface area contributed by atoms with Gasteiger partial charge in [0.25, 0.3) is 0 Å². The Morgan fingerprint density at radius 1 is 1.00 bits per heavy atom. The first-order valence-corrected chi connectivity index (χ1v) is 14.2. The molecule has 3 heterocycles. The van der Waals surface area contributed by atoms with Crippen molar-refractivity contribution < 1.29 is 9.59 Å². The van der Waals surface area contributed by atoms with E-state index in [0.717, 1.165) is 64.7 Å². The Morgan fingerprint density at radius 2 is 1.80 bits per heavy atom. The summed E-state index contributed by atoms with van der Waals surface area (Å²) in [6.45, 7) is 3.78. The van der Waals surface area contributed by atoms with E-state index in [4.69, 9.17) is 0 Å². The van der Waals surface area contributed by atoms with Gasteiger partial charge in [0.2, 0.25) is 11.8 Å². The number of nitrogens with one attached hydrogen (secondary N) is 3. The molecule has 6 heteroatoms. The first-order chi connectivity index (χ1) is 17.1. The van der Waals surface area contributed by atoms with Gasteiger partial charge in [0, 0.05) is 13.1 Å². The predicted octanol–water partition coefficient (Wildman–Crippen LogP) is 3.32. The molecule has 0 aromatic heterocycles. The zero-order chi connectivity index (χ0) is 23.8. The summed E-state index contributed by atoms with van der Waals surface area (Å²) >= 11 is 0. The molecule has 0 unspecified atom stereocenters. The largest absolute Gasteiger partial charge is 0.347 e. The Kier molecular flexibility index (Phi) is 6.61. The topological polar surface area (TPSA) is 73.5 Å². The number of aryl methyl sites for hydroxylation is 1. The number of amides is 2. The van der Waals surface area contributed by atoms with Gasteiger partial charge in [-0.3, -0.25) is 9.59 Å². The minimum atomic E-state index is -0.325. The molecule has 4 atom stereocenters. The molecule has 1 aromatic rings. The molecule has 2 aliphatic carbocycles. The highest BCUT2D eigenvalue weighted by Crippen LogP contribution is 2.41. The van der Waals surface area contributed by atoms with Gasteiger partial charge in [0.15, 0.2) is 0 Å². The fraction of sp³-hybridized carbons (Fsp3) is 0.724. The summed E-state index contributed by atoms with van der Waals surface area (Å²) in [5.74, 6) is 1.36. The quantitative estimate of drug-likeness (QED) is 0.621. The van der Waals surface area contributed by atoms with Gasteiger partial charge in [-0.25, -0.2) is 0 Å². The minimum Gasteiger partial charge on any atom is -0.347 e. The summed E-state index contributed by atoms with van der Waals surface area (Å²) in [6, 6.07) is 8.08. The molecular formula is C29H42N4O2. The average molecular weight is 479 g/mol. The summed E-state index contributed by atoms with van der Waals surface area (Å²) in [7, 11) is 0. The SMILES string of the molecule is O=C(N[C@@H]1CCc2ccccc21)[C@H]1C[C@H](C2CCCCC2)CN1C(=O)[C@H]1CC2(CCNCC2)CN1. The van der Waals surface area contributed by atoms with Crippen molar-refractivity contribution in [1.29, 1.82) is 0 Å². The van der Waals surface area contributed by atoms with Crippen LogP contribution in [-0.2, 0) is 16.0 Å². The first kappa shape index (κ1) is 23.5. The molecule has 190 valence electrons. The summed E-state index contributed by atoms with van der Waals surface area (Å²) in [4.78, 5) is 29.6. The molecule has 1 saturated carbocycles. The number of fused-ring (bicyclic) bond motifs is 1. The number of hydrogen-bond acceptors (Lipinski definition) is 4. The molecule has 0 bridgehead atoms. The van der Waals surface area contributed by atoms with Crippen LogP contribution in [0.1, 0.15) is 81.4 Å². The third kappa shape index (κ3) is 4.64. The Hall–Kier alpha value is -1.92. The van der Waals surface area contributed by atoms with Gasteiger partial charge in [0.1, 0.15) is 6.04 Å². The van der Waals surface area contributed by atoms with E-state index >= 15 is 0 Å². The van der Waals surface area contributed by atoms with Gasteiger partial charge in [0.05, 0.1) is 12.1 Å². The van der Waals surface area contributed by atoms with E-state index in [1.54, 1.807) is 0 Å². The lowest BCUT2D eigenvalue weighted by molar-refractivity contribution is -0.140. The van der Waals surface area contributed by atoms with Crippen molar-refractivity contribution in [3.63, 3.8) is 0 Å². The smallest absolute Gasteiger partial charge is 0.243 e. The molecule has 3 aliphatic heterocycles. The highest BCUT2D eigenvalue weighted by molar-refractivity contribution is 5.91. The summed E-state index contributed by atoms with van der Waals surface area (Å²) in [5, 5.41) is 10.4. The van der Waals surface area contributed by atoms with Crippen LogP contribution in [-0.4, -0.2) is 55.0 Å². The fourth-order valence-electron chi connectivity index (χ4n) is 7.91. The van der Waals surface area contributed by atoms with Crippen molar-refractivity contribution >= 4 is 11.8 Å². The zero-order valence-electron chi connectivity index (χ0n) is 21.1. The molecule has 35 heavy (non-hydrogen) atoms. The lowest BCUT2D eigenvalue weighted by Gasteiger charge is -2.33. The molecule has 5 aliphatic rings. The lowest BCUT2D eigenvalue weighted by Crippen LogP contribution is -2.51. The Bertz CT molecular complexity index is 936. The van der Waals surface area contributed by atoms with Crippen molar-refractivity contribution in [2.24, 2.45) is 17.3 Å². The zero-order valence-corrected chi connectivity index (χ0v) is 21.1. The maximum absolute atomic E-state index is 13.9. The van der Waals surface area contributed by atoms with Gasteiger partial charge in [-0.05, 0) is 80.0 Å². The third-order valence-electron chi connectivity index (χ3n) is 10.0. The van der Waals surface area contributed by atoms with Gasteiger partial charge in [-0.15, -0.1) is 0 Å². The normalized spacial score (nSPS) is 32.6.